The highest BCUT2D eigenvalue weighted by molar-refractivity contribution is 5.81. The van der Waals surface area contributed by atoms with E-state index in [2.05, 4.69) is 11.3 Å². The molecule has 0 amide bonds. The maximum absolute atomic E-state index is 10.7. The monoisotopic (exact) mass is 218 g/mol. The van der Waals surface area contributed by atoms with E-state index in [0.717, 1.165) is 6.08 Å². The quantitative estimate of drug-likeness (QED) is 0.380. The van der Waals surface area contributed by atoms with Crippen molar-refractivity contribution in [2.75, 3.05) is 13.2 Å². The zero-order valence-corrected chi connectivity index (χ0v) is 8.07. The summed E-state index contributed by atoms with van der Waals surface area (Å²) in [7, 11) is 0. The Labute approximate surface area is 86.7 Å². The van der Waals surface area contributed by atoms with E-state index in [1.807, 2.05) is 0 Å². The van der Waals surface area contributed by atoms with Crippen LogP contribution in [0.15, 0.2) is 12.7 Å². The van der Waals surface area contributed by atoms with Gasteiger partial charge in [-0.15, -0.1) is 0 Å². The molecular formula is C9H14O6. The van der Waals surface area contributed by atoms with Gasteiger partial charge < -0.3 is 24.8 Å². The smallest absolute Gasteiger partial charge is 0.330 e. The standard InChI is InChI=1S/C9H14O6/c1-2-7(12)14-4-6(11)9-8(13)5(10)3-15-9/h2,5-6,8-11,13H,1,3-4H2/t5-,6?,8+,9-/m1/s1. The van der Waals surface area contributed by atoms with Gasteiger partial charge in [-0.2, -0.15) is 0 Å². The highest BCUT2D eigenvalue weighted by Crippen LogP contribution is 2.17. The number of aliphatic hydroxyl groups is 3. The molecule has 15 heavy (non-hydrogen) atoms. The Balaban J connectivity index is 2.37. The fourth-order valence-electron chi connectivity index (χ4n) is 1.29. The molecule has 0 aromatic carbocycles. The molecule has 86 valence electrons. The summed E-state index contributed by atoms with van der Waals surface area (Å²) in [5, 5.41) is 28.0. The van der Waals surface area contributed by atoms with Gasteiger partial charge in [0.2, 0.25) is 0 Å². The van der Waals surface area contributed by atoms with E-state index in [9.17, 15) is 15.0 Å². The number of hydrogen-bond acceptors (Lipinski definition) is 6. The van der Waals surface area contributed by atoms with Crippen LogP contribution in [0.2, 0.25) is 0 Å². The molecule has 0 aromatic rings. The lowest BCUT2D eigenvalue weighted by molar-refractivity contribution is -0.145. The third kappa shape index (κ3) is 3.00. The molecule has 1 heterocycles. The summed E-state index contributed by atoms with van der Waals surface area (Å²) < 4.78 is 9.51. The molecule has 0 aromatic heterocycles. The van der Waals surface area contributed by atoms with Crippen molar-refractivity contribution in [3.8, 4) is 0 Å². The fraction of sp³-hybridized carbons (Fsp3) is 0.667. The zero-order chi connectivity index (χ0) is 11.4. The number of carbonyl (C=O) groups excluding carboxylic acids is 1. The number of rotatable bonds is 4. The molecule has 1 saturated heterocycles. The van der Waals surface area contributed by atoms with Crippen molar-refractivity contribution in [1.82, 2.24) is 0 Å². The van der Waals surface area contributed by atoms with Crippen LogP contribution in [0.4, 0.5) is 0 Å². The van der Waals surface area contributed by atoms with Crippen LogP contribution < -0.4 is 0 Å². The molecule has 1 aliphatic heterocycles. The first-order valence-corrected chi connectivity index (χ1v) is 4.51. The van der Waals surface area contributed by atoms with Crippen LogP contribution in [0.3, 0.4) is 0 Å². The van der Waals surface area contributed by atoms with Crippen molar-refractivity contribution in [2.24, 2.45) is 0 Å². The van der Waals surface area contributed by atoms with Crippen molar-refractivity contribution in [1.29, 1.82) is 0 Å². The number of carbonyl (C=O) groups is 1. The molecular weight excluding hydrogens is 204 g/mol. The lowest BCUT2D eigenvalue weighted by atomic mass is 10.1. The number of ether oxygens (including phenoxy) is 2. The molecule has 0 radical (unpaired) electrons. The third-order valence-corrected chi connectivity index (χ3v) is 2.13. The fourth-order valence-corrected chi connectivity index (χ4v) is 1.29. The van der Waals surface area contributed by atoms with Crippen LogP contribution in [0.25, 0.3) is 0 Å². The topological polar surface area (TPSA) is 96.2 Å². The molecule has 0 saturated carbocycles. The first kappa shape index (κ1) is 12.1. The normalized spacial score (nSPS) is 32.3. The highest BCUT2D eigenvalue weighted by atomic mass is 16.6. The van der Waals surface area contributed by atoms with Crippen LogP contribution in [-0.4, -0.2) is 58.9 Å². The summed E-state index contributed by atoms with van der Waals surface area (Å²) in [6.07, 6.45) is -3.31. The summed E-state index contributed by atoms with van der Waals surface area (Å²) in [6.45, 7) is 2.84. The lowest BCUT2D eigenvalue weighted by Gasteiger charge is -2.20. The Morgan fingerprint density at radius 1 is 1.67 bits per heavy atom. The number of hydrogen-bond donors (Lipinski definition) is 3. The van der Waals surface area contributed by atoms with E-state index in [4.69, 9.17) is 9.84 Å². The summed E-state index contributed by atoms with van der Waals surface area (Å²) >= 11 is 0. The molecule has 1 aliphatic rings. The Kier molecular flexibility index (Phi) is 4.22. The van der Waals surface area contributed by atoms with Crippen LogP contribution in [-0.2, 0) is 14.3 Å². The summed E-state index contributed by atoms with van der Waals surface area (Å²) in [4.78, 5) is 10.7. The summed E-state index contributed by atoms with van der Waals surface area (Å²) in [5.74, 6) is -0.665. The molecule has 3 N–H and O–H groups in total. The average Bonchev–Trinajstić information content (AvgIpc) is 2.56. The van der Waals surface area contributed by atoms with Gasteiger partial charge in [-0.3, -0.25) is 0 Å². The summed E-state index contributed by atoms with van der Waals surface area (Å²) in [5.41, 5.74) is 0. The van der Waals surface area contributed by atoms with Gasteiger partial charge >= 0.3 is 5.97 Å². The molecule has 4 atom stereocenters. The first-order valence-electron chi connectivity index (χ1n) is 4.51. The third-order valence-electron chi connectivity index (χ3n) is 2.13. The van der Waals surface area contributed by atoms with Gasteiger partial charge in [-0.25, -0.2) is 4.79 Å². The van der Waals surface area contributed by atoms with Gasteiger partial charge in [-0.05, 0) is 0 Å². The molecule has 0 aliphatic carbocycles. The molecule has 0 bridgehead atoms. The minimum atomic E-state index is -1.17. The van der Waals surface area contributed by atoms with Crippen LogP contribution in [0, 0.1) is 0 Å². The van der Waals surface area contributed by atoms with Gasteiger partial charge in [0.05, 0.1) is 6.61 Å². The van der Waals surface area contributed by atoms with E-state index in [-0.39, 0.29) is 13.2 Å². The Bertz CT molecular complexity index is 241. The molecule has 0 spiro atoms. The molecule has 1 fully saturated rings. The summed E-state index contributed by atoms with van der Waals surface area (Å²) in [6, 6.07) is 0. The maximum atomic E-state index is 10.7. The van der Waals surface area contributed by atoms with Crippen LogP contribution >= 0.6 is 0 Å². The molecule has 6 heteroatoms. The average molecular weight is 218 g/mol. The van der Waals surface area contributed by atoms with Crippen molar-refractivity contribution in [3.05, 3.63) is 12.7 Å². The number of esters is 1. The maximum Gasteiger partial charge on any atom is 0.330 e. The van der Waals surface area contributed by atoms with E-state index >= 15 is 0 Å². The van der Waals surface area contributed by atoms with Crippen molar-refractivity contribution in [2.45, 2.75) is 24.4 Å². The van der Waals surface area contributed by atoms with E-state index in [1.54, 1.807) is 0 Å². The minimum absolute atomic E-state index is 0.0434. The van der Waals surface area contributed by atoms with Crippen molar-refractivity contribution < 1.29 is 29.6 Å². The molecule has 6 nitrogen and oxygen atoms in total. The first-order chi connectivity index (χ1) is 7.06. The zero-order valence-electron chi connectivity index (χ0n) is 8.07. The second-order valence-electron chi connectivity index (χ2n) is 3.26. The van der Waals surface area contributed by atoms with E-state index < -0.39 is 30.4 Å². The number of aliphatic hydroxyl groups excluding tert-OH is 3. The van der Waals surface area contributed by atoms with E-state index in [1.165, 1.54) is 0 Å². The van der Waals surface area contributed by atoms with Crippen LogP contribution in [0.1, 0.15) is 0 Å². The van der Waals surface area contributed by atoms with Gasteiger partial charge in [-0.1, -0.05) is 6.58 Å². The molecule has 1 unspecified atom stereocenters. The van der Waals surface area contributed by atoms with Gasteiger partial charge in [0, 0.05) is 6.08 Å². The van der Waals surface area contributed by atoms with Crippen LogP contribution in [0.5, 0.6) is 0 Å². The van der Waals surface area contributed by atoms with Gasteiger partial charge in [0.1, 0.15) is 31.0 Å². The Morgan fingerprint density at radius 3 is 2.80 bits per heavy atom. The van der Waals surface area contributed by atoms with Crippen molar-refractivity contribution >= 4 is 5.97 Å². The largest absolute Gasteiger partial charge is 0.460 e. The lowest BCUT2D eigenvalue weighted by Crippen LogP contribution is -2.41. The Hall–Kier alpha value is -0.950. The Morgan fingerprint density at radius 2 is 2.33 bits per heavy atom. The van der Waals surface area contributed by atoms with Gasteiger partial charge in [0.15, 0.2) is 0 Å². The highest BCUT2D eigenvalue weighted by Gasteiger charge is 2.39. The van der Waals surface area contributed by atoms with E-state index in [0.29, 0.717) is 0 Å². The molecule has 1 rings (SSSR count). The predicted molar refractivity (Wildman–Crippen MR) is 48.9 cm³/mol. The van der Waals surface area contributed by atoms with Crippen molar-refractivity contribution in [3.63, 3.8) is 0 Å². The SMILES string of the molecule is C=CC(=O)OCC(O)[C@H]1OC[C@@H](O)[C@@H]1O. The predicted octanol–water partition coefficient (Wildman–Crippen LogP) is -1.80. The van der Waals surface area contributed by atoms with Gasteiger partial charge in [0.25, 0.3) is 0 Å². The second-order valence-corrected chi connectivity index (χ2v) is 3.26. The minimum Gasteiger partial charge on any atom is -0.460 e. The second kappa shape index (κ2) is 5.22.